The Bertz CT molecular complexity index is 399. The smallest absolute Gasteiger partial charge is 0.158 e. The Morgan fingerprint density at radius 2 is 2.17 bits per heavy atom. The minimum Gasteiger partial charge on any atom is -0.393 e. The lowest BCUT2D eigenvalue weighted by atomic mass is 10.1. The number of rotatable bonds is 4. The van der Waals surface area contributed by atoms with E-state index in [1.807, 2.05) is 24.3 Å². The highest BCUT2D eigenvalue weighted by Crippen LogP contribution is 2.23. The van der Waals surface area contributed by atoms with Crippen molar-refractivity contribution in [1.82, 2.24) is 0 Å². The molecule has 1 fully saturated rings. The molecule has 1 aliphatic heterocycles. The molecule has 1 saturated heterocycles. The second-order valence-corrected chi connectivity index (χ2v) is 4.37. The van der Waals surface area contributed by atoms with Crippen molar-refractivity contribution in [2.24, 2.45) is 0 Å². The molecule has 0 radical (unpaired) electrons. The summed E-state index contributed by atoms with van der Waals surface area (Å²) in [4.78, 5) is 0. The van der Waals surface area contributed by atoms with Crippen LogP contribution in [-0.4, -0.2) is 24.6 Å². The highest BCUT2D eigenvalue weighted by Gasteiger charge is 2.20. The molecule has 0 amide bonds. The molecule has 1 aromatic carbocycles. The Kier molecular flexibility index (Phi) is 4.77. The Hall–Kier alpha value is -1.34. The van der Waals surface area contributed by atoms with Gasteiger partial charge < -0.3 is 14.6 Å². The molecule has 3 heteroatoms. The molecule has 1 N–H and O–H groups in total. The van der Waals surface area contributed by atoms with E-state index in [4.69, 9.17) is 15.9 Å². The highest BCUT2D eigenvalue weighted by molar-refractivity contribution is 5.34. The van der Waals surface area contributed by atoms with Crippen LogP contribution in [0, 0.1) is 12.3 Å². The molecule has 0 aliphatic carbocycles. The molecule has 3 nitrogen and oxygen atoms in total. The van der Waals surface area contributed by atoms with Crippen LogP contribution in [0.1, 0.15) is 36.5 Å². The van der Waals surface area contributed by atoms with Crippen LogP contribution in [0.15, 0.2) is 24.3 Å². The van der Waals surface area contributed by atoms with E-state index in [2.05, 4.69) is 5.92 Å². The van der Waals surface area contributed by atoms with E-state index < -0.39 is 0 Å². The monoisotopic (exact) mass is 246 g/mol. The van der Waals surface area contributed by atoms with Gasteiger partial charge in [-0.1, -0.05) is 18.1 Å². The first-order valence-corrected chi connectivity index (χ1v) is 6.28. The fourth-order valence-corrected chi connectivity index (χ4v) is 2.02. The maximum Gasteiger partial charge on any atom is 0.158 e. The van der Waals surface area contributed by atoms with Crippen LogP contribution in [0.25, 0.3) is 0 Å². The van der Waals surface area contributed by atoms with Gasteiger partial charge in [-0.25, -0.2) is 0 Å². The molecule has 1 unspecified atom stereocenters. The highest BCUT2D eigenvalue weighted by atomic mass is 16.7. The molecule has 0 aromatic heterocycles. The first kappa shape index (κ1) is 13.1. The lowest BCUT2D eigenvalue weighted by molar-refractivity contribution is -0.196. The van der Waals surface area contributed by atoms with Crippen molar-refractivity contribution < 1.29 is 14.6 Å². The van der Waals surface area contributed by atoms with E-state index in [9.17, 15) is 5.11 Å². The number of aliphatic hydroxyl groups excluding tert-OH is 1. The third kappa shape index (κ3) is 3.33. The fourth-order valence-electron chi connectivity index (χ4n) is 2.02. The van der Waals surface area contributed by atoms with E-state index in [0.29, 0.717) is 0 Å². The lowest BCUT2D eigenvalue weighted by Gasteiger charge is -2.27. The summed E-state index contributed by atoms with van der Waals surface area (Å²) in [5.41, 5.74) is 1.75. The fraction of sp³-hybridized carbons (Fsp3) is 0.467. The van der Waals surface area contributed by atoms with Crippen LogP contribution in [0.2, 0.25) is 0 Å². The molecule has 18 heavy (non-hydrogen) atoms. The summed E-state index contributed by atoms with van der Waals surface area (Å²) in [7, 11) is 0. The molecular formula is C15H18O3. The maximum atomic E-state index is 9.42. The molecule has 0 spiro atoms. The second kappa shape index (κ2) is 6.55. The van der Waals surface area contributed by atoms with Gasteiger partial charge in [0, 0.05) is 12.2 Å². The van der Waals surface area contributed by atoms with Gasteiger partial charge in [-0.2, -0.15) is 0 Å². The summed E-state index contributed by atoms with van der Waals surface area (Å²) in [5.74, 6) is 2.56. The van der Waals surface area contributed by atoms with Crippen molar-refractivity contribution in [2.75, 3.05) is 13.2 Å². The van der Waals surface area contributed by atoms with Crippen LogP contribution in [-0.2, 0) is 9.47 Å². The van der Waals surface area contributed by atoms with Crippen molar-refractivity contribution >= 4 is 0 Å². The van der Waals surface area contributed by atoms with Crippen LogP contribution in [0.3, 0.4) is 0 Å². The van der Waals surface area contributed by atoms with Gasteiger partial charge in [0.2, 0.25) is 0 Å². The normalized spacial score (nSPS) is 21.2. The average molecular weight is 246 g/mol. The van der Waals surface area contributed by atoms with Gasteiger partial charge in [0.05, 0.1) is 6.61 Å². The zero-order chi connectivity index (χ0) is 12.8. The van der Waals surface area contributed by atoms with Gasteiger partial charge in [-0.15, -0.1) is 6.42 Å². The number of hydrogen-bond donors (Lipinski definition) is 1. The number of hydrogen-bond acceptors (Lipinski definition) is 3. The Labute approximate surface area is 108 Å². The molecule has 2 atom stereocenters. The van der Waals surface area contributed by atoms with Crippen LogP contribution in [0.4, 0.5) is 0 Å². The van der Waals surface area contributed by atoms with Crippen LogP contribution < -0.4 is 0 Å². The van der Waals surface area contributed by atoms with Crippen LogP contribution in [0.5, 0.6) is 0 Å². The first-order chi connectivity index (χ1) is 8.83. The maximum absolute atomic E-state index is 9.42. The number of benzene rings is 1. The topological polar surface area (TPSA) is 38.7 Å². The van der Waals surface area contributed by atoms with E-state index in [1.54, 1.807) is 0 Å². The summed E-state index contributed by atoms with van der Waals surface area (Å²) >= 11 is 0. The van der Waals surface area contributed by atoms with E-state index >= 15 is 0 Å². The van der Waals surface area contributed by atoms with Gasteiger partial charge in [0.1, 0.15) is 6.10 Å². The van der Waals surface area contributed by atoms with Crippen molar-refractivity contribution in [3.8, 4) is 12.3 Å². The molecule has 96 valence electrons. The van der Waals surface area contributed by atoms with Crippen molar-refractivity contribution in [2.45, 2.75) is 31.7 Å². The van der Waals surface area contributed by atoms with Gasteiger partial charge in [0.25, 0.3) is 0 Å². The SMILES string of the molecule is C#Cc1ccc([C@H](CO)OC2CCCCO2)cc1. The standard InChI is InChI=1S/C15H18O3/c1-2-12-6-8-13(9-7-12)14(11-16)18-15-5-3-4-10-17-15/h1,6-9,14-16H,3-5,10-11H2/t14-,15?/m0/s1. The predicted octanol–water partition coefficient (Wildman–Crippen LogP) is 2.24. The Morgan fingerprint density at radius 1 is 1.39 bits per heavy atom. The summed E-state index contributed by atoms with van der Waals surface area (Å²) in [6.07, 6.45) is 7.84. The molecule has 1 heterocycles. The third-order valence-electron chi connectivity index (χ3n) is 3.07. The molecule has 1 aromatic rings. The van der Waals surface area contributed by atoms with Gasteiger partial charge >= 0.3 is 0 Å². The number of ether oxygens (including phenoxy) is 2. The molecule has 2 rings (SSSR count). The molecule has 0 saturated carbocycles. The third-order valence-corrected chi connectivity index (χ3v) is 3.07. The number of aliphatic hydroxyl groups is 1. The minimum atomic E-state index is -0.347. The lowest BCUT2D eigenvalue weighted by Crippen LogP contribution is -2.25. The molecule has 0 bridgehead atoms. The van der Waals surface area contributed by atoms with Crippen molar-refractivity contribution in [1.29, 1.82) is 0 Å². The van der Waals surface area contributed by atoms with Gasteiger partial charge in [0.15, 0.2) is 6.29 Å². The first-order valence-electron chi connectivity index (χ1n) is 6.28. The zero-order valence-electron chi connectivity index (χ0n) is 10.3. The predicted molar refractivity (Wildman–Crippen MR) is 68.9 cm³/mol. The average Bonchev–Trinajstić information content (AvgIpc) is 2.46. The summed E-state index contributed by atoms with van der Waals surface area (Å²) in [6, 6.07) is 7.48. The van der Waals surface area contributed by atoms with Crippen molar-refractivity contribution in [3.05, 3.63) is 35.4 Å². The quantitative estimate of drug-likeness (QED) is 0.828. The second-order valence-electron chi connectivity index (χ2n) is 4.37. The summed E-state index contributed by atoms with van der Waals surface area (Å²) < 4.78 is 11.3. The molecule has 1 aliphatic rings. The van der Waals surface area contributed by atoms with Gasteiger partial charge in [-0.3, -0.25) is 0 Å². The minimum absolute atomic E-state index is 0.0603. The zero-order valence-corrected chi connectivity index (χ0v) is 10.3. The summed E-state index contributed by atoms with van der Waals surface area (Å²) in [6.45, 7) is 0.675. The number of terminal acetylenes is 1. The van der Waals surface area contributed by atoms with E-state index in [-0.39, 0.29) is 19.0 Å². The van der Waals surface area contributed by atoms with Gasteiger partial charge in [-0.05, 0) is 37.0 Å². The van der Waals surface area contributed by atoms with E-state index in [1.165, 1.54) is 0 Å². The summed E-state index contributed by atoms with van der Waals surface area (Å²) in [5, 5.41) is 9.42. The molecular weight excluding hydrogens is 228 g/mol. The van der Waals surface area contributed by atoms with E-state index in [0.717, 1.165) is 37.0 Å². The Balaban J connectivity index is 2.00. The van der Waals surface area contributed by atoms with Crippen LogP contribution >= 0.6 is 0 Å². The van der Waals surface area contributed by atoms with Crippen molar-refractivity contribution in [3.63, 3.8) is 0 Å². The largest absolute Gasteiger partial charge is 0.393 e. The Morgan fingerprint density at radius 3 is 2.72 bits per heavy atom.